The van der Waals surface area contributed by atoms with Crippen LogP contribution in [0.4, 0.5) is 4.79 Å². The lowest BCUT2D eigenvalue weighted by molar-refractivity contribution is -0.148. The van der Waals surface area contributed by atoms with Crippen molar-refractivity contribution in [2.24, 2.45) is 5.92 Å². The van der Waals surface area contributed by atoms with Crippen LogP contribution in [0.3, 0.4) is 0 Å². The summed E-state index contributed by atoms with van der Waals surface area (Å²) in [7, 11) is 0. The first-order valence-electron chi connectivity index (χ1n) is 15.4. The van der Waals surface area contributed by atoms with E-state index < -0.39 is 59.6 Å². The molecule has 2 aliphatic heterocycles. The Labute approximate surface area is 264 Å². The molecule has 3 amide bonds. The fourth-order valence-electron chi connectivity index (χ4n) is 5.42. The second-order valence-corrected chi connectivity index (χ2v) is 12.8. The number of rotatable bonds is 11. The summed E-state index contributed by atoms with van der Waals surface area (Å²) in [6, 6.07) is 14.0. The van der Waals surface area contributed by atoms with Gasteiger partial charge in [-0.25, -0.2) is 14.4 Å². The summed E-state index contributed by atoms with van der Waals surface area (Å²) in [5, 5.41) is 2.68. The molecule has 2 saturated heterocycles. The molecule has 2 fully saturated rings. The lowest BCUT2D eigenvalue weighted by Gasteiger charge is -2.30. The molecular weight excluding hydrogens is 578 g/mol. The van der Waals surface area contributed by atoms with E-state index in [1.807, 2.05) is 50.2 Å². The van der Waals surface area contributed by atoms with Gasteiger partial charge in [-0.2, -0.15) is 0 Å². The first-order chi connectivity index (χ1) is 21.4. The number of nitrogens with zero attached hydrogens (tertiary/aromatic N) is 2. The summed E-state index contributed by atoms with van der Waals surface area (Å²) in [4.78, 5) is 69.4. The van der Waals surface area contributed by atoms with E-state index in [1.54, 1.807) is 45.0 Å². The minimum Gasteiger partial charge on any atom is -0.459 e. The van der Waals surface area contributed by atoms with E-state index in [1.165, 1.54) is 4.90 Å². The number of hydrogen-bond donors (Lipinski definition) is 1. The number of ether oxygens (including phenoxy) is 3. The Kier molecular flexibility index (Phi) is 10.8. The van der Waals surface area contributed by atoms with Crippen molar-refractivity contribution in [1.29, 1.82) is 0 Å². The van der Waals surface area contributed by atoms with Crippen molar-refractivity contribution in [1.82, 2.24) is 15.1 Å². The number of alkyl carbamates (subject to hydrolysis) is 1. The summed E-state index contributed by atoms with van der Waals surface area (Å²) < 4.78 is 16.4. The molecule has 0 bridgehead atoms. The van der Waals surface area contributed by atoms with E-state index in [4.69, 9.17) is 14.2 Å². The molecule has 4 atom stereocenters. The summed E-state index contributed by atoms with van der Waals surface area (Å²) in [6.45, 7) is 9.29. The highest BCUT2D eigenvalue weighted by atomic mass is 16.6. The van der Waals surface area contributed by atoms with E-state index in [0.717, 1.165) is 16.0 Å². The number of benzene rings is 2. The fraction of sp³-hybridized carbons (Fsp3) is 0.500. The van der Waals surface area contributed by atoms with Gasteiger partial charge in [-0.1, -0.05) is 74.5 Å². The van der Waals surface area contributed by atoms with Gasteiger partial charge in [-0.05, 0) is 57.1 Å². The normalized spacial score (nSPS) is 19.9. The maximum Gasteiger partial charge on any atom is 0.408 e. The topological polar surface area (TPSA) is 131 Å². The predicted molar refractivity (Wildman–Crippen MR) is 164 cm³/mol. The van der Waals surface area contributed by atoms with Gasteiger partial charge in [0.15, 0.2) is 12.1 Å². The first-order valence-corrected chi connectivity index (χ1v) is 15.4. The molecule has 0 aromatic heterocycles. The highest BCUT2D eigenvalue weighted by Crippen LogP contribution is 2.35. The quantitative estimate of drug-likeness (QED) is 0.227. The summed E-state index contributed by atoms with van der Waals surface area (Å²) >= 11 is 0. The van der Waals surface area contributed by atoms with Gasteiger partial charge in [-0.15, -0.1) is 0 Å². The molecule has 0 saturated carbocycles. The smallest absolute Gasteiger partial charge is 0.408 e. The van der Waals surface area contributed by atoms with E-state index >= 15 is 0 Å². The van der Waals surface area contributed by atoms with Crippen LogP contribution in [-0.4, -0.2) is 76.0 Å². The number of carbonyl (C=O) groups excluding carboxylic acids is 5. The van der Waals surface area contributed by atoms with Crippen LogP contribution in [-0.2, 0) is 46.6 Å². The maximum absolute atomic E-state index is 14.0. The monoisotopic (exact) mass is 621 g/mol. The lowest BCUT2D eigenvalue weighted by Crippen LogP contribution is -2.53. The van der Waals surface area contributed by atoms with Crippen molar-refractivity contribution in [3.8, 4) is 0 Å². The molecule has 11 heteroatoms. The molecule has 2 aromatic rings. The predicted octanol–water partition coefficient (Wildman–Crippen LogP) is 3.98. The average Bonchev–Trinajstić information content (AvgIpc) is 3.55. The molecule has 45 heavy (non-hydrogen) atoms. The van der Waals surface area contributed by atoms with Gasteiger partial charge in [0.2, 0.25) is 11.8 Å². The molecule has 0 spiro atoms. The molecule has 2 heterocycles. The Morgan fingerprint density at radius 3 is 1.82 bits per heavy atom. The minimum atomic E-state index is -1.17. The highest BCUT2D eigenvalue weighted by Gasteiger charge is 2.63. The van der Waals surface area contributed by atoms with Crippen LogP contribution in [0.1, 0.15) is 65.0 Å². The molecule has 2 aromatic carbocycles. The van der Waals surface area contributed by atoms with E-state index in [9.17, 15) is 24.0 Å². The molecule has 0 aliphatic carbocycles. The molecular formula is C34H43N3O8. The molecule has 242 valence electrons. The average molecular weight is 622 g/mol. The number of hydrogen-bond acceptors (Lipinski definition) is 8. The Balaban J connectivity index is 1.49. The van der Waals surface area contributed by atoms with E-state index in [0.29, 0.717) is 25.8 Å². The summed E-state index contributed by atoms with van der Waals surface area (Å²) in [6.07, 6.45) is 0.502. The van der Waals surface area contributed by atoms with Gasteiger partial charge in [0.05, 0.1) is 0 Å². The number of esters is 2. The minimum absolute atomic E-state index is 0.0226. The number of likely N-dealkylation sites (tertiary alicyclic amines) is 1. The van der Waals surface area contributed by atoms with Crippen molar-refractivity contribution in [2.45, 2.75) is 96.9 Å². The zero-order valence-corrected chi connectivity index (χ0v) is 26.6. The van der Waals surface area contributed by atoms with Crippen molar-refractivity contribution >= 4 is 29.8 Å². The zero-order chi connectivity index (χ0) is 32.7. The SMILES string of the molecule is CC(C)C[C@@H](NC(=O)OC(C)(C)C)C(=O)N1CCC[C@@H]1C(=O)N1[C@H](C(=O)OCc2ccccc2)[C@H]1C(=O)OCc1ccccc1. The lowest BCUT2D eigenvalue weighted by atomic mass is 10.0. The largest absolute Gasteiger partial charge is 0.459 e. The van der Waals surface area contributed by atoms with Gasteiger partial charge in [0, 0.05) is 6.54 Å². The number of nitrogens with one attached hydrogen (secondary N) is 1. The molecule has 0 unspecified atom stereocenters. The van der Waals surface area contributed by atoms with Gasteiger partial charge >= 0.3 is 18.0 Å². The Hall–Kier alpha value is -4.41. The molecule has 4 rings (SSSR count). The van der Waals surface area contributed by atoms with Crippen molar-refractivity contribution in [3.63, 3.8) is 0 Å². The molecule has 11 nitrogen and oxygen atoms in total. The van der Waals surface area contributed by atoms with Crippen LogP contribution < -0.4 is 5.32 Å². The molecule has 2 aliphatic rings. The van der Waals surface area contributed by atoms with E-state index in [2.05, 4.69) is 5.32 Å². The third-order valence-electron chi connectivity index (χ3n) is 7.51. The van der Waals surface area contributed by atoms with Crippen LogP contribution >= 0.6 is 0 Å². The first kappa shape index (κ1) is 33.5. The van der Waals surface area contributed by atoms with Gasteiger partial charge in [0.25, 0.3) is 0 Å². The van der Waals surface area contributed by atoms with Crippen LogP contribution in [0.5, 0.6) is 0 Å². The van der Waals surface area contributed by atoms with Crippen molar-refractivity contribution < 1.29 is 38.2 Å². The Bertz CT molecular complexity index is 1300. The Morgan fingerprint density at radius 2 is 1.36 bits per heavy atom. The highest BCUT2D eigenvalue weighted by molar-refractivity contribution is 6.03. The van der Waals surface area contributed by atoms with Crippen LogP contribution in [0.15, 0.2) is 60.7 Å². The summed E-state index contributed by atoms with van der Waals surface area (Å²) in [5.74, 6) is -2.35. The number of carbonyl (C=O) groups is 5. The zero-order valence-electron chi connectivity index (χ0n) is 26.6. The van der Waals surface area contributed by atoms with Crippen molar-refractivity contribution in [2.75, 3.05) is 6.54 Å². The second-order valence-electron chi connectivity index (χ2n) is 12.8. The number of amides is 3. The third kappa shape index (κ3) is 9.06. The van der Waals surface area contributed by atoms with Gasteiger partial charge < -0.3 is 29.3 Å². The third-order valence-corrected chi connectivity index (χ3v) is 7.51. The summed E-state index contributed by atoms with van der Waals surface area (Å²) in [5.41, 5.74) is 0.762. The van der Waals surface area contributed by atoms with Crippen LogP contribution in [0.25, 0.3) is 0 Å². The molecule has 1 N–H and O–H groups in total. The maximum atomic E-state index is 14.0. The van der Waals surface area contributed by atoms with Crippen molar-refractivity contribution in [3.05, 3.63) is 71.8 Å². The van der Waals surface area contributed by atoms with Crippen LogP contribution in [0, 0.1) is 5.92 Å². The molecule has 0 radical (unpaired) electrons. The van der Waals surface area contributed by atoms with Crippen LogP contribution in [0.2, 0.25) is 0 Å². The van der Waals surface area contributed by atoms with Gasteiger partial charge in [0.1, 0.15) is 30.9 Å². The van der Waals surface area contributed by atoms with Gasteiger partial charge in [-0.3, -0.25) is 9.59 Å². The van der Waals surface area contributed by atoms with E-state index in [-0.39, 0.29) is 19.1 Å². The standard InChI is InChI=1S/C34H43N3O8/c1-22(2)19-25(35-33(42)45-34(3,4)5)29(38)36-18-12-17-26(36)30(39)37-27(31(40)43-20-23-13-8-6-9-14-23)28(37)32(41)44-21-24-15-10-7-11-16-24/h6-11,13-16,22,25-28H,12,17-21H2,1-5H3,(H,35,42)/t25-,26-,27+,28+/m1/s1. The fourth-order valence-corrected chi connectivity index (χ4v) is 5.42. The second kappa shape index (κ2) is 14.6. The Morgan fingerprint density at radius 1 is 0.844 bits per heavy atom.